The van der Waals surface area contributed by atoms with Crippen molar-refractivity contribution < 1.29 is 45.5 Å². The Kier molecular flexibility index (Phi) is 11.1. The second-order valence-electron chi connectivity index (χ2n) is 10.1. The first-order chi connectivity index (χ1) is 20.0. The van der Waals surface area contributed by atoms with Crippen LogP contribution in [-0.2, 0) is 17.6 Å². The fraction of sp³-hybridized carbons (Fsp3) is 0.300. The van der Waals surface area contributed by atoms with Gasteiger partial charge in [0.25, 0.3) is 12.3 Å². The molecule has 1 amide bonds. The van der Waals surface area contributed by atoms with Crippen molar-refractivity contribution in [1.29, 1.82) is 0 Å². The molecule has 3 aromatic rings. The van der Waals surface area contributed by atoms with Gasteiger partial charge in [-0.25, -0.2) is 13.2 Å². The molecule has 0 aliphatic rings. The van der Waals surface area contributed by atoms with Crippen LogP contribution in [0.15, 0.2) is 59.1 Å². The molecule has 0 aliphatic heterocycles. The van der Waals surface area contributed by atoms with Crippen LogP contribution in [0.1, 0.15) is 52.1 Å². The van der Waals surface area contributed by atoms with Crippen LogP contribution in [0.5, 0.6) is 5.75 Å². The molecule has 230 valence electrons. The van der Waals surface area contributed by atoms with Gasteiger partial charge in [0.2, 0.25) is 0 Å². The highest BCUT2D eigenvalue weighted by Gasteiger charge is 2.51. The number of ketones is 2. The summed E-state index contributed by atoms with van der Waals surface area (Å²) in [6, 6.07) is 12.0. The van der Waals surface area contributed by atoms with E-state index in [1.165, 1.54) is 48.5 Å². The summed E-state index contributed by atoms with van der Waals surface area (Å²) in [5.41, 5.74) is -2.25. The van der Waals surface area contributed by atoms with Gasteiger partial charge in [0.1, 0.15) is 29.4 Å². The van der Waals surface area contributed by atoms with Gasteiger partial charge in [0.05, 0.1) is 16.3 Å². The number of Topliss-reactive ketones (excluding diaryl/α,β-unsaturated/α-hetero) is 2. The van der Waals surface area contributed by atoms with Crippen molar-refractivity contribution in [2.45, 2.75) is 45.7 Å². The van der Waals surface area contributed by atoms with Gasteiger partial charge in [-0.3, -0.25) is 14.4 Å². The Balaban J connectivity index is 1.83. The minimum atomic E-state index is -4.71. The molecule has 0 radical (unpaired) electrons. The Morgan fingerprint density at radius 3 is 2.23 bits per heavy atom. The second kappa shape index (κ2) is 13.9. The third-order valence-corrected chi connectivity index (χ3v) is 7.40. The molecule has 0 aliphatic carbocycles. The maximum absolute atomic E-state index is 14.3. The number of hydrogen-bond donors (Lipinski definition) is 1. The van der Waals surface area contributed by atoms with Crippen LogP contribution < -0.4 is 10.1 Å². The first-order valence-corrected chi connectivity index (χ1v) is 13.9. The number of nitrogens with one attached hydrogen (secondary N) is 1. The lowest BCUT2D eigenvalue weighted by atomic mass is 9.84. The number of hydrogen-bond acceptors (Lipinski definition) is 4. The summed E-state index contributed by atoms with van der Waals surface area (Å²) >= 11 is 9.32. The van der Waals surface area contributed by atoms with Crippen LogP contribution in [0, 0.1) is 11.2 Å². The number of anilines is 1. The molecule has 1 N–H and O–H groups in total. The minimum Gasteiger partial charge on any atom is -0.487 e. The van der Waals surface area contributed by atoms with E-state index in [0.29, 0.717) is 10.0 Å². The van der Waals surface area contributed by atoms with E-state index in [4.69, 9.17) is 16.3 Å². The average molecular weight is 693 g/mol. The predicted octanol–water partition coefficient (Wildman–Crippen LogP) is 8.65. The van der Waals surface area contributed by atoms with Crippen LogP contribution in [-0.4, -0.2) is 36.7 Å². The second-order valence-corrected chi connectivity index (χ2v) is 11.4. The SMILES string of the molecule is CC(C)(C(=O)CCc1ccc(Cl)c(C(=O)Cc2ccc(OCC(F)F)c(C(=O)Nc3ccc(Br)cc3F)c2)c1)C(F)(F)F. The van der Waals surface area contributed by atoms with E-state index in [0.717, 1.165) is 19.9 Å². The van der Waals surface area contributed by atoms with Crippen LogP contribution in [0.3, 0.4) is 0 Å². The number of benzene rings is 3. The highest BCUT2D eigenvalue weighted by atomic mass is 79.9. The van der Waals surface area contributed by atoms with Gasteiger partial charge in [0.15, 0.2) is 5.78 Å². The van der Waals surface area contributed by atoms with Gasteiger partial charge in [-0.05, 0) is 73.9 Å². The first kappa shape index (κ1) is 34.1. The minimum absolute atomic E-state index is 0.0302. The third kappa shape index (κ3) is 8.82. The standard InChI is InChI=1S/C30H25BrClF6NO4/c1-29(2,30(36,37)38)26(41)10-5-16-3-7-21(32)19(11-16)24(40)13-17-4-9-25(43-15-27(34)35)20(12-17)28(42)39-23-8-6-18(31)14-22(23)33/h3-4,6-9,11-12,14,27H,5,10,13,15H2,1-2H3,(H,39,42). The molecule has 0 aromatic heterocycles. The van der Waals surface area contributed by atoms with E-state index < -0.39 is 54.3 Å². The molecule has 3 aromatic carbocycles. The van der Waals surface area contributed by atoms with Gasteiger partial charge >= 0.3 is 6.18 Å². The monoisotopic (exact) mass is 691 g/mol. The average Bonchev–Trinajstić information content (AvgIpc) is 2.92. The van der Waals surface area contributed by atoms with E-state index in [-0.39, 0.29) is 46.0 Å². The summed E-state index contributed by atoms with van der Waals surface area (Å²) < 4.78 is 85.0. The van der Waals surface area contributed by atoms with Crippen LogP contribution in [0.25, 0.3) is 0 Å². The molecule has 0 atom stereocenters. The number of aryl methyl sites for hydroxylation is 1. The molecule has 0 fully saturated rings. The summed E-state index contributed by atoms with van der Waals surface area (Å²) in [5, 5.41) is 2.40. The van der Waals surface area contributed by atoms with E-state index >= 15 is 0 Å². The zero-order valence-electron chi connectivity index (χ0n) is 22.8. The Morgan fingerprint density at radius 1 is 0.953 bits per heavy atom. The first-order valence-electron chi connectivity index (χ1n) is 12.7. The fourth-order valence-electron chi connectivity index (χ4n) is 3.87. The summed E-state index contributed by atoms with van der Waals surface area (Å²) in [4.78, 5) is 38.4. The highest BCUT2D eigenvalue weighted by molar-refractivity contribution is 9.10. The van der Waals surface area contributed by atoms with Gasteiger partial charge < -0.3 is 10.1 Å². The Morgan fingerprint density at radius 2 is 1.60 bits per heavy atom. The smallest absolute Gasteiger partial charge is 0.400 e. The number of alkyl halides is 5. The lowest BCUT2D eigenvalue weighted by Crippen LogP contribution is -2.39. The molecule has 0 saturated heterocycles. The molecular formula is C30H25BrClF6NO4. The molecule has 0 heterocycles. The molecule has 0 bridgehead atoms. The molecular weight excluding hydrogens is 668 g/mol. The molecule has 0 spiro atoms. The van der Waals surface area contributed by atoms with E-state index in [1.807, 2.05) is 0 Å². The zero-order chi connectivity index (χ0) is 32.1. The lowest BCUT2D eigenvalue weighted by molar-refractivity contribution is -0.210. The molecule has 5 nitrogen and oxygen atoms in total. The number of carbonyl (C=O) groups is 3. The quantitative estimate of drug-likeness (QED) is 0.152. The highest BCUT2D eigenvalue weighted by Crippen LogP contribution is 2.39. The van der Waals surface area contributed by atoms with Crippen molar-refractivity contribution in [1.82, 2.24) is 0 Å². The third-order valence-electron chi connectivity index (χ3n) is 6.58. The topological polar surface area (TPSA) is 72.5 Å². The number of ether oxygens (including phenoxy) is 1. The fourth-order valence-corrected chi connectivity index (χ4v) is 4.43. The van der Waals surface area contributed by atoms with Crippen LogP contribution >= 0.6 is 27.5 Å². The number of carbonyl (C=O) groups excluding carboxylic acids is 3. The van der Waals surface area contributed by atoms with Gasteiger partial charge in [0, 0.05) is 22.9 Å². The zero-order valence-corrected chi connectivity index (χ0v) is 25.1. The largest absolute Gasteiger partial charge is 0.487 e. The van der Waals surface area contributed by atoms with Gasteiger partial charge in [-0.1, -0.05) is 39.7 Å². The Hall–Kier alpha value is -3.38. The normalized spacial score (nSPS) is 11.9. The van der Waals surface area contributed by atoms with Gasteiger partial charge in [-0.15, -0.1) is 0 Å². The predicted molar refractivity (Wildman–Crippen MR) is 153 cm³/mol. The van der Waals surface area contributed by atoms with E-state index in [2.05, 4.69) is 21.2 Å². The van der Waals surface area contributed by atoms with Crippen molar-refractivity contribution in [3.63, 3.8) is 0 Å². The maximum atomic E-state index is 14.3. The lowest BCUT2D eigenvalue weighted by Gasteiger charge is -2.26. The van der Waals surface area contributed by atoms with Gasteiger partial charge in [-0.2, -0.15) is 13.2 Å². The van der Waals surface area contributed by atoms with Crippen LogP contribution in [0.2, 0.25) is 5.02 Å². The number of rotatable bonds is 12. The molecule has 0 unspecified atom stereocenters. The summed E-state index contributed by atoms with van der Waals surface area (Å²) in [6.45, 7) is 0.593. The summed E-state index contributed by atoms with van der Waals surface area (Å²) in [7, 11) is 0. The van der Waals surface area contributed by atoms with Crippen molar-refractivity contribution in [2.24, 2.45) is 5.41 Å². The van der Waals surface area contributed by atoms with Crippen molar-refractivity contribution in [3.05, 3.63) is 92.2 Å². The molecule has 43 heavy (non-hydrogen) atoms. The molecule has 13 heteroatoms. The van der Waals surface area contributed by atoms with Crippen molar-refractivity contribution in [3.8, 4) is 5.75 Å². The van der Waals surface area contributed by atoms with Crippen LogP contribution in [0.4, 0.5) is 32.0 Å². The van der Waals surface area contributed by atoms with Crippen molar-refractivity contribution >= 4 is 50.7 Å². The molecule has 3 rings (SSSR count). The maximum Gasteiger partial charge on any atom is 0.400 e. The number of halogens is 8. The van der Waals surface area contributed by atoms with E-state index in [9.17, 15) is 40.7 Å². The van der Waals surface area contributed by atoms with Crippen molar-refractivity contribution in [2.75, 3.05) is 11.9 Å². The summed E-state index contributed by atoms with van der Waals surface area (Å²) in [5.74, 6) is -3.40. The number of amides is 1. The van der Waals surface area contributed by atoms with E-state index in [1.54, 1.807) is 0 Å². The Labute approximate surface area is 256 Å². The Bertz CT molecular complexity index is 1530. The molecule has 0 saturated carbocycles. The summed E-state index contributed by atoms with van der Waals surface area (Å²) in [6.07, 6.45) is -8.36.